The van der Waals surface area contributed by atoms with Crippen molar-refractivity contribution in [3.63, 3.8) is 0 Å². The molecule has 1 atom stereocenters. The summed E-state index contributed by atoms with van der Waals surface area (Å²) in [7, 11) is 0. The average molecular weight is 208 g/mol. The molecule has 86 valence electrons. The molecule has 0 aliphatic carbocycles. The van der Waals surface area contributed by atoms with Crippen LogP contribution < -0.4 is 0 Å². The van der Waals surface area contributed by atoms with Gasteiger partial charge in [0.05, 0.1) is 0 Å². The minimum atomic E-state index is 0.155. The second kappa shape index (κ2) is 9.77. The van der Waals surface area contributed by atoms with Crippen molar-refractivity contribution in [1.29, 1.82) is 0 Å². The van der Waals surface area contributed by atoms with Crippen molar-refractivity contribution in [1.82, 2.24) is 0 Å². The van der Waals surface area contributed by atoms with Crippen molar-refractivity contribution in [2.45, 2.75) is 65.7 Å². The Bertz CT molecular complexity index is 219. The topological polar surface area (TPSA) is 17.1 Å². The number of hydrogen-bond acceptors (Lipinski definition) is 1. The molecule has 0 saturated heterocycles. The number of hydrogen-bond donors (Lipinski definition) is 0. The Morgan fingerprint density at radius 1 is 1.13 bits per heavy atom. The number of unbranched alkanes of at least 4 members (excludes halogenated alkanes) is 3. The molecule has 0 rings (SSSR count). The fraction of sp³-hybridized carbons (Fsp3) is 0.786. The minimum Gasteiger partial charge on any atom is -0.285 e. The van der Waals surface area contributed by atoms with Gasteiger partial charge in [-0.25, -0.2) is 0 Å². The van der Waals surface area contributed by atoms with Crippen LogP contribution in [0.5, 0.6) is 0 Å². The molecule has 0 N–H and O–H groups in total. The normalized spacial score (nSPS) is 11.7. The van der Waals surface area contributed by atoms with Crippen molar-refractivity contribution in [3.8, 4) is 11.8 Å². The fourth-order valence-electron chi connectivity index (χ4n) is 1.49. The lowest BCUT2D eigenvalue weighted by Crippen LogP contribution is -2.11. The van der Waals surface area contributed by atoms with E-state index in [1.165, 1.54) is 0 Å². The summed E-state index contributed by atoms with van der Waals surface area (Å²) in [5, 5.41) is 0. The molecular weight excluding hydrogens is 184 g/mol. The van der Waals surface area contributed by atoms with Crippen LogP contribution in [0, 0.1) is 17.8 Å². The number of carbonyl (C=O) groups excluding carboxylic acids is 1. The summed E-state index contributed by atoms with van der Waals surface area (Å²) in [5.74, 6) is 6.10. The summed E-state index contributed by atoms with van der Waals surface area (Å²) in [6.45, 7) is 6.37. The van der Waals surface area contributed by atoms with Gasteiger partial charge in [-0.2, -0.15) is 0 Å². The van der Waals surface area contributed by atoms with Crippen molar-refractivity contribution in [2.75, 3.05) is 0 Å². The van der Waals surface area contributed by atoms with Crippen LogP contribution in [-0.4, -0.2) is 5.78 Å². The summed E-state index contributed by atoms with van der Waals surface area (Å²) < 4.78 is 0. The average Bonchev–Trinajstić information content (AvgIpc) is 2.25. The Kier molecular flexibility index (Phi) is 9.27. The van der Waals surface area contributed by atoms with Gasteiger partial charge >= 0.3 is 0 Å². The lowest BCUT2D eigenvalue weighted by atomic mass is 9.95. The molecular formula is C14H24O. The maximum atomic E-state index is 11.7. The van der Waals surface area contributed by atoms with Crippen LogP contribution in [0.3, 0.4) is 0 Å². The standard InChI is InChI=1S/C14H24O/c1-4-7-9-10-12-14(15)13(6-3)11-8-5-2/h13H,4-9,11H2,1-3H3. The van der Waals surface area contributed by atoms with Crippen LogP contribution in [0.2, 0.25) is 0 Å². The first-order chi connectivity index (χ1) is 7.26. The Hall–Kier alpha value is -0.770. The van der Waals surface area contributed by atoms with Crippen LogP contribution in [-0.2, 0) is 4.79 Å². The molecule has 0 saturated carbocycles. The van der Waals surface area contributed by atoms with Crippen molar-refractivity contribution in [3.05, 3.63) is 0 Å². The fourth-order valence-corrected chi connectivity index (χ4v) is 1.49. The Balaban J connectivity index is 3.95. The third-order valence-corrected chi connectivity index (χ3v) is 2.64. The summed E-state index contributed by atoms with van der Waals surface area (Å²) in [6, 6.07) is 0. The van der Waals surface area contributed by atoms with Crippen molar-refractivity contribution >= 4 is 5.78 Å². The molecule has 1 nitrogen and oxygen atoms in total. The van der Waals surface area contributed by atoms with Gasteiger partial charge < -0.3 is 0 Å². The van der Waals surface area contributed by atoms with E-state index in [4.69, 9.17) is 0 Å². The van der Waals surface area contributed by atoms with Gasteiger partial charge in [0.2, 0.25) is 5.78 Å². The number of carbonyl (C=O) groups is 1. The molecule has 0 aliphatic heterocycles. The maximum absolute atomic E-state index is 11.7. The zero-order valence-corrected chi connectivity index (χ0v) is 10.4. The van der Waals surface area contributed by atoms with E-state index in [1.807, 2.05) is 0 Å². The van der Waals surface area contributed by atoms with Gasteiger partial charge in [0.1, 0.15) is 0 Å². The number of Topliss-reactive ketones (excluding diaryl/α,β-unsaturated/α-hetero) is 1. The second-order valence-corrected chi connectivity index (χ2v) is 4.02. The first-order valence-corrected chi connectivity index (χ1v) is 6.28. The highest BCUT2D eigenvalue weighted by atomic mass is 16.1. The molecule has 0 bridgehead atoms. The maximum Gasteiger partial charge on any atom is 0.208 e. The van der Waals surface area contributed by atoms with Gasteiger partial charge in [0.15, 0.2) is 0 Å². The van der Waals surface area contributed by atoms with E-state index in [-0.39, 0.29) is 11.7 Å². The van der Waals surface area contributed by atoms with Crippen LogP contribution in [0.4, 0.5) is 0 Å². The monoisotopic (exact) mass is 208 g/mol. The summed E-state index contributed by atoms with van der Waals surface area (Å²) in [6.07, 6.45) is 7.36. The van der Waals surface area contributed by atoms with E-state index in [0.29, 0.717) is 0 Å². The second-order valence-electron chi connectivity index (χ2n) is 4.02. The molecule has 1 unspecified atom stereocenters. The number of ketones is 1. The number of rotatable bonds is 7. The molecule has 0 fully saturated rings. The third-order valence-electron chi connectivity index (χ3n) is 2.64. The van der Waals surface area contributed by atoms with Gasteiger partial charge in [-0.3, -0.25) is 4.79 Å². The molecule has 1 heteroatoms. The van der Waals surface area contributed by atoms with Crippen LogP contribution in [0.25, 0.3) is 0 Å². The van der Waals surface area contributed by atoms with Gasteiger partial charge in [-0.15, -0.1) is 0 Å². The zero-order chi connectivity index (χ0) is 11.5. The lowest BCUT2D eigenvalue weighted by Gasteiger charge is -2.08. The van der Waals surface area contributed by atoms with Gasteiger partial charge in [-0.05, 0) is 25.2 Å². The Labute approximate surface area is 94.6 Å². The lowest BCUT2D eigenvalue weighted by molar-refractivity contribution is -0.117. The smallest absolute Gasteiger partial charge is 0.208 e. The van der Waals surface area contributed by atoms with Gasteiger partial charge in [-0.1, -0.05) is 46.0 Å². The molecule has 0 amide bonds. The van der Waals surface area contributed by atoms with E-state index in [1.54, 1.807) is 0 Å². The van der Waals surface area contributed by atoms with Crippen molar-refractivity contribution < 1.29 is 4.79 Å². The van der Waals surface area contributed by atoms with Crippen molar-refractivity contribution in [2.24, 2.45) is 5.92 Å². The molecule has 0 spiro atoms. The molecule has 0 heterocycles. The van der Waals surface area contributed by atoms with Crippen LogP contribution in [0.15, 0.2) is 0 Å². The molecule has 0 radical (unpaired) electrons. The summed E-state index contributed by atoms with van der Waals surface area (Å²) >= 11 is 0. The predicted molar refractivity (Wildman–Crippen MR) is 65.6 cm³/mol. The quantitative estimate of drug-likeness (QED) is 0.351. The molecule has 0 aromatic carbocycles. The molecule has 0 aromatic heterocycles. The van der Waals surface area contributed by atoms with E-state index in [9.17, 15) is 4.79 Å². The summed E-state index contributed by atoms with van der Waals surface area (Å²) in [4.78, 5) is 11.7. The van der Waals surface area contributed by atoms with Crippen LogP contribution in [0.1, 0.15) is 65.7 Å². The Morgan fingerprint density at radius 2 is 1.80 bits per heavy atom. The first kappa shape index (κ1) is 14.2. The van der Waals surface area contributed by atoms with E-state index < -0.39 is 0 Å². The highest BCUT2D eigenvalue weighted by molar-refractivity contribution is 5.97. The highest BCUT2D eigenvalue weighted by Gasteiger charge is 2.12. The highest BCUT2D eigenvalue weighted by Crippen LogP contribution is 2.13. The van der Waals surface area contributed by atoms with Crippen LogP contribution >= 0.6 is 0 Å². The minimum absolute atomic E-state index is 0.155. The van der Waals surface area contributed by atoms with E-state index >= 15 is 0 Å². The summed E-state index contributed by atoms with van der Waals surface area (Å²) in [5.41, 5.74) is 0. The van der Waals surface area contributed by atoms with Gasteiger partial charge in [0, 0.05) is 12.3 Å². The molecule has 15 heavy (non-hydrogen) atoms. The van der Waals surface area contributed by atoms with E-state index in [2.05, 4.69) is 32.6 Å². The molecule has 0 aromatic rings. The predicted octanol–water partition coefficient (Wildman–Crippen LogP) is 3.97. The molecule has 0 aliphatic rings. The van der Waals surface area contributed by atoms with Gasteiger partial charge in [0.25, 0.3) is 0 Å². The zero-order valence-electron chi connectivity index (χ0n) is 10.4. The van der Waals surface area contributed by atoms with E-state index in [0.717, 1.165) is 44.9 Å². The largest absolute Gasteiger partial charge is 0.285 e. The third kappa shape index (κ3) is 7.19. The first-order valence-electron chi connectivity index (χ1n) is 6.28. The SMILES string of the molecule is CCCCC#CC(=O)C(CC)CCCC. The Morgan fingerprint density at radius 3 is 2.33 bits per heavy atom.